The third-order valence-corrected chi connectivity index (χ3v) is 3.98. The highest BCUT2D eigenvalue weighted by molar-refractivity contribution is 5.86. The van der Waals surface area contributed by atoms with Crippen molar-refractivity contribution in [3.05, 3.63) is 0 Å². The van der Waals surface area contributed by atoms with Gasteiger partial charge in [-0.15, -0.1) is 0 Å². The van der Waals surface area contributed by atoms with Gasteiger partial charge in [-0.3, -0.25) is 9.59 Å². The molecule has 2 aliphatic rings. The van der Waals surface area contributed by atoms with Crippen LogP contribution in [0.3, 0.4) is 0 Å². The Kier molecular flexibility index (Phi) is 4.63. The number of carbonyl (C=O) groups excluding carboxylic acids is 2. The summed E-state index contributed by atoms with van der Waals surface area (Å²) < 4.78 is 5.34. The number of nitrogens with zero attached hydrogens (tertiary/aromatic N) is 2. The molecule has 2 rings (SSSR count). The number of aliphatic carboxylic acids is 1. The van der Waals surface area contributed by atoms with Gasteiger partial charge in [-0.05, 0) is 33.1 Å². The van der Waals surface area contributed by atoms with Gasteiger partial charge in [0.2, 0.25) is 5.91 Å². The molecule has 0 aromatic rings. The Morgan fingerprint density at radius 2 is 2.00 bits per heavy atom. The minimum Gasteiger partial charge on any atom is -0.481 e. The number of hydrogen-bond acceptors (Lipinski definition) is 4. The molecule has 1 N–H and O–H groups in total. The minimum absolute atomic E-state index is 0.0812. The highest BCUT2D eigenvalue weighted by Crippen LogP contribution is 2.24. The smallest absolute Gasteiger partial charge is 0.410 e. The fourth-order valence-electron chi connectivity index (χ4n) is 2.90. The Balaban J connectivity index is 1.83. The van der Waals surface area contributed by atoms with E-state index in [0.29, 0.717) is 19.6 Å². The van der Waals surface area contributed by atoms with Gasteiger partial charge in [-0.25, -0.2) is 4.79 Å². The quantitative estimate of drug-likeness (QED) is 0.845. The highest BCUT2D eigenvalue weighted by Gasteiger charge is 2.37. The van der Waals surface area contributed by atoms with Crippen molar-refractivity contribution in [3.8, 4) is 0 Å². The lowest BCUT2D eigenvalue weighted by Gasteiger charge is -2.25. The zero-order valence-electron chi connectivity index (χ0n) is 13.4. The summed E-state index contributed by atoms with van der Waals surface area (Å²) in [6, 6.07) is 0. The van der Waals surface area contributed by atoms with E-state index in [1.807, 2.05) is 20.8 Å². The molecule has 0 aromatic heterocycles. The molecule has 2 amide bonds. The van der Waals surface area contributed by atoms with Crippen LogP contribution in [-0.4, -0.2) is 64.7 Å². The molecule has 0 saturated carbocycles. The van der Waals surface area contributed by atoms with Crippen molar-refractivity contribution < 1.29 is 24.2 Å². The average Bonchev–Trinajstić information content (AvgIpc) is 2.96. The topological polar surface area (TPSA) is 87.2 Å². The molecule has 0 aliphatic carbocycles. The van der Waals surface area contributed by atoms with Gasteiger partial charge in [-0.2, -0.15) is 0 Å². The first kappa shape index (κ1) is 16.6. The maximum absolute atomic E-state index is 12.0. The van der Waals surface area contributed by atoms with E-state index < -0.39 is 17.5 Å². The van der Waals surface area contributed by atoms with E-state index >= 15 is 0 Å². The largest absolute Gasteiger partial charge is 0.481 e. The van der Waals surface area contributed by atoms with Gasteiger partial charge in [0.05, 0.1) is 5.92 Å². The summed E-state index contributed by atoms with van der Waals surface area (Å²) in [7, 11) is 0. The molecule has 2 saturated heterocycles. The van der Waals surface area contributed by atoms with E-state index in [1.54, 1.807) is 9.80 Å². The molecule has 2 aliphatic heterocycles. The standard InChI is InChI=1S/C15H24N2O5/c1-15(2,3)22-14(21)16-5-4-10(7-16)8-17-9-11(13(19)20)6-12(17)18/h10-11H,4-9H2,1-3H3,(H,19,20)/t10-,11?/m0/s1. The van der Waals surface area contributed by atoms with Crippen molar-refractivity contribution in [2.45, 2.75) is 39.2 Å². The van der Waals surface area contributed by atoms with Crippen LogP contribution >= 0.6 is 0 Å². The van der Waals surface area contributed by atoms with Crippen LogP contribution in [0.5, 0.6) is 0 Å². The number of hydrogen-bond donors (Lipinski definition) is 1. The van der Waals surface area contributed by atoms with Gasteiger partial charge in [0.15, 0.2) is 0 Å². The lowest BCUT2D eigenvalue weighted by molar-refractivity contribution is -0.141. The molecule has 7 heteroatoms. The van der Waals surface area contributed by atoms with Crippen LogP contribution in [0.4, 0.5) is 4.79 Å². The third-order valence-electron chi connectivity index (χ3n) is 3.98. The fraction of sp³-hybridized carbons (Fsp3) is 0.800. The second-order valence-electron chi connectivity index (χ2n) is 7.12. The SMILES string of the molecule is CC(C)(C)OC(=O)N1CC[C@H](CN2CC(C(=O)O)CC2=O)C1. The predicted octanol–water partition coefficient (Wildman–Crippen LogP) is 1.18. The molecule has 1 unspecified atom stereocenters. The molecule has 2 fully saturated rings. The number of rotatable bonds is 3. The van der Waals surface area contributed by atoms with Gasteiger partial charge < -0.3 is 19.6 Å². The number of carboxylic acids is 1. The number of carbonyl (C=O) groups is 3. The molecule has 0 spiro atoms. The number of likely N-dealkylation sites (tertiary alicyclic amines) is 2. The Morgan fingerprint density at radius 1 is 1.32 bits per heavy atom. The Morgan fingerprint density at radius 3 is 2.55 bits per heavy atom. The van der Waals surface area contributed by atoms with Gasteiger partial charge in [0, 0.05) is 32.6 Å². The summed E-state index contributed by atoms with van der Waals surface area (Å²) >= 11 is 0. The maximum Gasteiger partial charge on any atom is 0.410 e. The fourth-order valence-corrected chi connectivity index (χ4v) is 2.90. The predicted molar refractivity (Wildman–Crippen MR) is 78.2 cm³/mol. The van der Waals surface area contributed by atoms with E-state index in [-0.39, 0.29) is 30.9 Å². The van der Waals surface area contributed by atoms with Gasteiger partial charge >= 0.3 is 12.1 Å². The van der Waals surface area contributed by atoms with Crippen LogP contribution in [0.1, 0.15) is 33.6 Å². The molecule has 0 radical (unpaired) electrons. The first-order valence-corrected chi connectivity index (χ1v) is 7.64. The zero-order chi connectivity index (χ0) is 16.5. The van der Waals surface area contributed by atoms with E-state index in [4.69, 9.17) is 9.84 Å². The molecule has 0 bridgehead atoms. The van der Waals surface area contributed by atoms with Crippen molar-refractivity contribution in [1.29, 1.82) is 0 Å². The summed E-state index contributed by atoms with van der Waals surface area (Å²) in [5.41, 5.74) is -0.519. The molecule has 2 heterocycles. The second kappa shape index (κ2) is 6.14. The summed E-state index contributed by atoms with van der Waals surface area (Å²) in [6.07, 6.45) is 0.560. The first-order valence-electron chi connectivity index (χ1n) is 7.64. The van der Waals surface area contributed by atoms with Crippen molar-refractivity contribution >= 4 is 18.0 Å². The summed E-state index contributed by atoms with van der Waals surface area (Å²) in [5, 5.41) is 8.98. The Hall–Kier alpha value is -1.79. The maximum atomic E-state index is 12.0. The monoisotopic (exact) mass is 312 g/mol. The second-order valence-corrected chi connectivity index (χ2v) is 7.12. The van der Waals surface area contributed by atoms with Crippen LogP contribution in [0.2, 0.25) is 0 Å². The van der Waals surface area contributed by atoms with Crippen LogP contribution in [0.25, 0.3) is 0 Å². The van der Waals surface area contributed by atoms with E-state index in [2.05, 4.69) is 0 Å². The van der Waals surface area contributed by atoms with Gasteiger partial charge in [0.1, 0.15) is 5.60 Å². The zero-order valence-corrected chi connectivity index (χ0v) is 13.4. The van der Waals surface area contributed by atoms with Crippen LogP contribution in [0.15, 0.2) is 0 Å². The molecule has 124 valence electrons. The molecule has 0 aromatic carbocycles. The molecule has 22 heavy (non-hydrogen) atoms. The first-order chi connectivity index (χ1) is 10.2. The van der Waals surface area contributed by atoms with Crippen molar-refractivity contribution in [3.63, 3.8) is 0 Å². The minimum atomic E-state index is -0.919. The van der Waals surface area contributed by atoms with E-state index in [9.17, 15) is 14.4 Å². The summed E-state index contributed by atoms with van der Waals surface area (Å²) in [5.74, 6) is -1.44. The average molecular weight is 312 g/mol. The third kappa shape index (κ3) is 4.11. The van der Waals surface area contributed by atoms with Crippen LogP contribution in [0, 0.1) is 11.8 Å². The number of amides is 2. The molecular formula is C15H24N2O5. The van der Waals surface area contributed by atoms with E-state index in [0.717, 1.165) is 6.42 Å². The molecule has 2 atom stereocenters. The highest BCUT2D eigenvalue weighted by atomic mass is 16.6. The van der Waals surface area contributed by atoms with Crippen molar-refractivity contribution in [2.24, 2.45) is 11.8 Å². The van der Waals surface area contributed by atoms with Crippen molar-refractivity contribution in [2.75, 3.05) is 26.2 Å². The number of carboxylic acid groups (broad SMARTS) is 1. The number of ether oxygens (including phenoxy) is 1. The molecule has 7 nitrogen and oxygen atoms in total. The van der Waals surface area contributed by atoms with Gasteiger partial charge in [0.25, 0.3) is 0 Å². The summed E-state index contributed by atoms with van der Waals surface area (Å²) in [4.78, 5) is 38.1. The summed E-state index contributed by atoms with van der Waals surface area (Å²) in [6.45, 7) is 7.44. The lowest BCUT2D eigenvalue weighted by atomic mass is 10.1. The normalized spacial score (nSPS) is 25.7. The van der Waals surface area contributed by atoms with Crippen molar-refractivity contribution in [1.82, 2.24) is 9.80 Å². The Labute approximate surface area is 130 Å². The molecular weight excluding hydrogens is 288 g/mol. The van der Waals surface area contributed by atoms with E-state index in [1.165, 1.54) is 0 Å². The van der Waals surface area contributed by atoms with Gasteiger partial charge in [-0.1, -0.05) is 0 Å². The Bertz CT molecular complexity index is 471. The van der Waals surface area contributed by atoms with Crippen LogP contribution < -0.4 is 0 Å². The van der Waals surface area contributed by atoms with Crippen LogP contribution in [-0.2, 0) is 14.3 Å². The lowest BCUT2D eigenvalue weighted by Crippen LogP contribution is -2.37.